The Balaban J connectivity index is 2.50. The minimum Gasteiger partial charge on any atom is -0.481 e. The maximum atomic E-state index is 12.3. The third kappa shape index (κ3) is 10.6. The number of carbonyl (C=O) groups excluding carboxylic acids is 4. The van der Waals surface area contributed by atoms with E-state index in [2.05, 4.69) is 21.3 Å². The van der Waals surface area contributed by atoms with E-state index in [4.69, 9.17) is 14.9 Å². The highest BCUT2D eigenvalue weighted by atomic mass is 16.5. The number of ether oxygens (including phenoxy) is 1. The lowest BCUT2D eigenvalue weighted by Gasteiger charge is -2.21. The van der Waals surface area contributed by atoms with Crippen LogP contribution in [0.2, 0.25) is 0 Å². The zero-order valence-corrected chi connectivity index (χ0v) is 18.0. The Morgan fingerprint density at radius 2 is 1.52 bits per heavy atom. The van der Waals surface area contributed by atoms with E-state index in [1.165, 1.54) is 13.8 Å². The summed E-state index contributed by atoms with van der Waals surface area (Å²) >= 11 is 0. The van der Waals surface area contributed by atoms with Gasteiger partial charge in [0.05, 0.1) is 6.42 Å². The zero-order chi connectivity index (χ0) is 25.0. The van der Waals surface area contributed by atoms with Gasteiger partial charge in [-0.15, -0.1) is 0 Å². The molecule has 0 heterocycles. The van der Waals surface area contributed by atoms with Crippen LogP contribution in [0.5, 0.6) is 0 Å². The lowest BCUT2D eigenvalue weighted by Crippen LogP contribution is -2.55. The van der Waals surface area contributed by atoms with E-state index in [0.717, 1.165) is 5.56 Å². The molecule has 1 aromatic rings. The molecule has 1 rings (SSSR count). The van der Waals surface area contributed by atoms with E-state index in [9.17, 15) is 28.8 Å². The summed E-state index contributed by atoms with van der Waals surface area (Å²) in [6, 6.07) is 4.78. The Kier molecular flexibility index (Phi) is 10.8. The van der Waals surface area contributed by atoms with Crippen molar-refractivity contribution in [1.82, 2.24) is 21.3 Å². The standard InChI is InChI=1S/C20H26N4O9/c1-11(17(28)24-14(8-16(26)27)18(29)23-12(2)19(30)31)22-15(25)9-21-20(32)33-10-13-6-4-3-5-7-13/h3-7,11-12,14H,8-10H2,1-2H3,(H,21,32)(H,22,25)(H,23,29)(H,24,28)(H,26,27)(H,30,31)/t11-,12-,14-/m0/s1. The van der Waals surface area contributed by atoms with Crippen molar-refractivity contribution in [2.75, 3.05) is 6.54 Å². The fourth-order valence-corrected chi connectivity index (χ4v) is 2.34. The van der Waals surface area contributed by atoms with E-state index in [0.29, 0.717) is 0 Å². The summed E-state index contributed by atoms with van der Waals surface area (Å²) < 4.78 is 4.94. The smallest absolute Gasteiger partial charge is 0.407 e. The normalized spacial score (nSPS) is 12.9. The molecule has 3 atom stereocenters. The number of alkyl carbamates (subject to hydrolysis) is 1. The second-order valence-electron chi connectivity index (χ2n) is 6.93. The Morgan fingerprint density at radius 3 is 2.09 bits per heavy atom. The van der Waals surface area contributed by atoms with Crippen LogP contribution in [0.1, 0.15) is 25.8 Å². The highest BCUT2D eigenvalue weighted by Gasteiger charge is 2.28. The molecule has 0 saturated carbocycles. The topological polar surface area (TPSA) is 200 Å². The molecule has 0 unspecified atom stereocenters. The van der Waals surface area contributed by atoms with Gasteiger partial charge >= 0.3 is 18.0 Å². The van der Waals surface area contributed by atoms with E-state index < -0.39 is 66.8 Å². The lowest BCUT2D eigenvalue weighted by molar-refractivity contribution is -0.143. The SMILES string of the molecule is C[C@H](NC(=O)[C@H](CC(=O)O)NC(=O)[C@H](C)NC(=O)CNC(=O)OCc1ccccc1)C(=O)O. The van der Waals surface area contributed by atoms with Crippen molar-refractivity contribution in [2.45, 2.75) is 45.0 Å². The molecule has 6 N–H and O–H groups in total. The van der Waals surface area contributed by atoms with Crippen LogP contribution in [0.15, 0.2) is 30.3 Å². The third-order valence-corrected chi connectivity index (χ3v) is 4.12. The lowest BCUT2D eigenvalue weighted by atomic mass is 10.1. The first kappa shape index (κ1) is 26.9. The van der Waals surface area contributed by atoms with Crippen molar-refractivity contribution in [2.24, 2.45) is 0 Å². The van der Waals surface area contributed by atoms with Gasteiger partial charge in [0.15, 0.2) is 0 Å². The Labute approximate surface area is 188 Å². The third-order valence-electron chi connectivity index (χ3n) is 4.12. The number of hydrogen-bond acceptors (Lipinski definition) is 7. The van der Waals surface area contributed by atoms with Gasteiger partial charge in [0, 0.05) is 0 Å². The first-order valence-electron chi connectivity index (χ1n) is 9.78. The van der Waals surface area contributed by atoms with E-state index in [1.54, 1.807) is 30.3 Å². The molecule has 0 radical (unpaired) electrons. The first-order valence-corrected chi connectivity index (χ1v) is 9.78. The van der Waals surface area contributed by atoms with E-state index in [1.807, 2.05) is 0 Å². The Bertz CT molecular complexity index is 876. The van der Waals surface area contributed by atoms with Crippen LogP contribution in [0.3, 0.4) is 0 Å². The number of amides is 4. The zero-order valence-electron chi connectivity index (χ0n) is 18.0. The van der Waals surface area contributed by atoms with Gasteiger partial charge in [-0.3, -0.25) is 24.0 Å². The Hall–Kier alpha value is -4.16. The van der Waals surface area contributed by atoms with Crippen molar-refractivity contribution < 1.29 is 43.7 Å². The van der Waals surface area contributed by atoms with Crippen LogP contribution in [0.25, 0.3) is 0 Å². The first-order chi connectivity index (χ1) is 15.5. The van der Waals surface area contributed by atoms with Crippen molar-refractivity contribution in [3.63, 3.8) is 0 Å². The number of hydrogen-bond donors (Lipinski definition) is 6. The van der Waals surface area contributed by atoms with E-state index in [-0.39, 0.29) is 6.61 Å². The van der Waals surface area contributed by atoms with Crippen LogP contribution < -0.4 is 21.3 Å². The van der Waals surface area contributed by atoms with Crippen LogP contribution in [-0.2, 0) is 35.3 Å². The summed E-state index contributed by atoms with van der Waals surface area (Å²) in [6.07, 6.45) is -1.66. The summed E-state index contributed by atoms with van der Waals surface area (Å²) in [5.41, 5.74) is 0.750. The summed E-state index contributed by atoms with van der Waals surface area (Å²) in [7, 11) is 0. The monoisotopic (exact) mass is 466 g/mol. The van der Waals surface area contributed by atoms with Crippen LogP contribution >= 0.6 is 0 Å². The molecule has 13 nitrogen and oxygen atoms in total. The molecule has 0 aliphatic heterocycles. The molecule has 0 fully saturated rings. The second-order valence-corrected chi connectivity index (χ2v) is 6.93. The maximum absolute atomic E-state index is 12.3. The average Bonchev–Trinajstić information content (AvgIpc) is 2.75. The van der Waals surface area contributed by atoms with Gasteiger partial charge in [0.25, 0.3) is 0 Å². The molecule has 0 saturated heterocycles. The van der Waals surface area contributed by atoms with Gasteiger partial charge in [0.1, 0.15) is 31.3 Å². The van der Waals surface area contributed by atoms with Crippen LogP contribution in [0.4, 0.5) is 4.79 Å². The highest BCUT2D eigenvalue weighted by molar-refractivity contribution is 5.95. The molecule has 33 heavy (non-hydrogen) atoms. The van der Waals surface area contributed by atoms with Gasteiger partial charge in [0.2, 0.25) is 17.7 Å². The number of nitrogens with one attached hydrogen (secondary N) is 4. The molecule has 1 aromatic carbocycles. The number of carboxylic acid groups (broad SMARTS) is 2. The molecule has 0 aliphatic rings. The second kappa shape index (κ2) is 13.3. The predicted molar refractivity (Wildman–Crippen MR) is 112 cm³/mol. The van der Waals surface area contributed by atoms with Crippen LogP contribution in [0, 0.1) is 0 Å². The molecular weight excluding hydrogens is 440 g/mol. The molecule has 13 heteroatoms. The van der Waals surface area contributed by atoms with Gasteiger partial charge in [-0.1, -0.05) is 30.3 Å². The summed E-state index contributed by atoms with van der Waals surface area (Å²) in [4.78, 5) is 69.8. The number of benzene rings is 1. The molecule has 180 valence electrons. The molecule has 4 amide bonds. The highest BCUT2D eigenvalue weighted by Crippen LogP contribution is 2.00. The molecular formula is C20H26N4O9. The minimum absolute atomic E-state index is 0.000621. The fourth-order valence-electron chi connectivity index (χ4n) is 2.34. The summed E-state index contributed by atoms with van der Waals surface area (Å²) in [6.45, 7) is 1.94. The number of carbonyl (C=O) groups is 6. The molecule has 0 spiro atoms. The van der Waals surface area contributed by atoms with Gasteiger partial charge in [-0.05, 0) is 19.4 Å². The van der Waals surface area contributed by atoms with Gasteiger partial charge < -0.3 is 36.2 Å². The largest absolute Gasteiger partial charge is 0.481 e. The molecule has 0 aliphatic carbocycles. The quantitative estimate of drug-likeness (QED) is 0.223. The number of carboxylic acids is 2. The van der Waals surface area contributed by atoms with Gasteiger partial charge in [-0.2, -0.15) is 0 Å². The Morgan fingerprint density at radius 1 is 0.879 bits per heavy atom. The number of aliphatic carboxylic acids is 2. The van der Waals surface area contributed by atoms with Crippen molar-refractivity contribution >= 4 is 35.8 Å². The maximum Gasteiger partial charge on any atom is 0.407 e. The summed E-state index contributed by atoms with van der Waals surface area (Å²) in [5, 5.41) is 26.5. The number of rotatable bonds is 12. The van der Waals surface area contributed by atoms with Crippen molar-refractivity contribution in [3.05, 3.63) is 35.9 Å². The summed E-state index contributed by atoms with van der Waals surface area (Å²) in [5.74, 6) is -5.40. The van der Waals surface area contributed by atoms with Gasteiger partial charge in [-0.25, -0.2) is 4.79 Å². The fraction of sp³-hybridized carbons (Fsp3) is 0.400. The minimum atomic E-state index is -1.57. The average molecular weight is 466 g/mol. The van der Waals surface area contributed by atoms with Crippen molar-refractivity contribution in [1.29, 1.82) is 0 Å². The van der Waals surface area contributed by atoms with Crippen molar-refractivity contribution in [3.8, 4) is 0 Å². The van der Waals surface area contributed by atoms with Crippen LogP contribution in [-0.4, -0.2) is 70.6 Å². The van der Waals surface area contributed by atoms with E-state index >= 15 is 0 Å². The molecule has 0 aromatic heterocycles. The predicted octanol–water partition coefficient (Wildman–Crippen LogP) is -1.03. The molecule has 0 bridgehead atoms.